The molecule has 0 spiro atoms. The molecule has 0 saturated carbocycles. The summed E-state index contributed by atoms with van der Waals surface area (Å²) in [4.78, 5) is 0. The Bertz CT molecular complexity index is 308. The molecular formula is C13H22N2. The van der Waals surface area contributed by atoms with Gasteiger partial charge in [-0.05, 0) is 50.8 Å². The summed E-state index contributed by atoms with van der Waals surface area (Å²) in [6, 6.07) is 2.26. The van der Waals surface area contributed by atoms with Gasteiger partial charge in [-0.1, -0.05) is 6.92 Å². The summed E-state index contributed by atoms with van der Waals surface area (Å²) < 4.78 is 2.30. The summed E-state index contributed by atoms with van der Waals surface area (Å²) in [6.07, 6.45) is 9.53. The van der Waals surface area contributed by atoms with E-state index in [4.69, 9.17) is 0 Å². The molecule has 2 nitrogen and oxygen atoms in total. The summed E-state index contributed by atoms with van der Waals surface area (Å²) in [7, 11) is 0. The third kappa shape index (κ3) is 2.63. The molecule has 2 heteroatoms. The number of nitrogens with one attached hydrogen (secondary N) is 1. The van der Waals surface area contributed by atoms with Crippen LogP contribution in [0.5, 0.6) is 0 Å². The lowest BCUT2D eigenvalue weighted by atomic mass is 9.93. The fourth-order valence-corrected chi connectivity index (χ4v) is 2.55. The summed E-state index contributed by atoms with van der Waals surface area (Å²) in [5, 5.41) is 3.61. The average Bonchev–Trinajstić information content (AvgIpc) is 2.77. The number of aryl methyl sites for hydroxylation is 1. The topological polar surface area (TPSA) is 17.0 Å². The third-order valence-corrected chi connectivity index (χ3v) is 3.34. The molecule has 15 heavy (non-hydrogen) atoms. The van der Waals surface area contributed by atoms with Crippen LogP contribution in [0, 0.1) is 0 Å². The molecule has 1 aliphatic heterocycles. The van der Waals surface area contributed by atoms with Gasteiger partial charge in [-0.25, -0.2) is 0 Å². The first-order chi connectivity index (χ1) is 7.22. The van der Waals surface area contributed by atoms with Gasteiger partial charge in [0, 0.05) is 24.5 Å². The normalized spacial score (nSPS) is 26.0. The second-order valence-corrected chi connectivity index (χ2v) is 5.03. The molecule has 2 rings (SSSR count). The van der Waals surface area contributed by atoms with Crippen LogP contribution in [0.25, 0.3) is 0 Å². The van der Waals surface area contributed by atoms with Crippen molar-refractivity contribution >= 4 is 0 Å². The molecule has 0 radical (unpaired) electrons. The number of rotatable bonds is 4. The highest BCUT2D eigenvalue weighted by molar-refractivity contribution is 5.15. The van der Waals surface area contributed by atoms with E-state index in [1.54, 1.807) is 0 Å². The van der Waals surface area contributed by atoms with Crippen molar-refractivity contribution in [2.45, 2.75) is 51.6 Å². The predicted octanol–water partition coefficient (Wildman–Crippen LogP) is 2.58. The first-order valence-corrected chi connectivity index (χ1v) is 6.11. The molecule has 1 aromatic heterocycles. The largest absolute Gasteiger partial charge is 0.354 e. The number of aromatic nitrogens is 1. The van der Waals surface area contributed by atoms with Gasteiger partial charge < -0.3 is 9.88 Å². The van der Waals surface area contributed by atoms with E-state index in [0.717, 1.165) is 6.54 Å². The van der Waals surface area contributed by atoms with Gasteiger partial charge >= 0.3 is 0 Å². The molecule has 0 amide bonds. The van der Waals surface area contributed by atoms with E-state index in [9.17, 15) is 0 Å². The second-order valence-electron chi connectivity index (χ2n) is 5.03. The zero-order valence-corrected chi connectivity index (χ0v) is 9.92. The van der Waals surface area contributed by atoms with Crippen molar-refractivity contribution in [1.29, 1.82) is 0 Å². The van der Waals surface area contributed by atoms with E-state index in [-0.39, 0.29) is 0 Å². The highest BCUT2D eigenvalue weighted by atomic mass is 15.0. The molecule has 1 N–H and O–H groups in total. The Balaban J connectivity index is 1.97. The second kappa shape index (κ2) is 4.40. The number of hydrogen-bond donors (Lipinski definition) is 1. The van der Waals surface area contributed by atoms with Gasteiger partial charge in [0.25, 0.3) is 0 Å². The first kappa shape index (κ1) is 10.7. The minimum atomic E-state index is 0.346. The monoisotopic (exact) mass is 206 g/mol. The van der Waals surface area contributed by atoms with E-state index in [1.165, 1.54) is 37.8 Å². The van der Waals surface area contributed by atoms with Crippen LogP contribution < -0.4 is 5.32 Å². The van der Waals surface area contributed by atoms with Crippen LogP contribution in [0.15, 0.2) is 18.5 Å². The molecule has 1 unspecified atom stereocenters. The van der Waals surface area contributed by atoms with E-state index in [2.05, 4.69) is 42.2 Å². The lowest BCUT2D eigenvalue weighted by molar-refractivity contribution is 0.412. The smallest absolute Gasteiger partial charge is 0.0217 e. The first-order valence-electron chi connectivity index (χ1n) is 6.11. The fraction of sp³-hybridized carbons (Fsp3) is 0.692. The van der Waals surface area contributed by atoms with E-state index in [1.807, 2.05) is 0 Å². The Morgan fingerprint density at radius 2 is 2.40 bits per heavy atom. The minimum Gasteiger partial charge on any atom is -0.354 e. The molecule has 1 atom stereocenters. The van der Waals surface area contributed by atoms with Crippen molar-refractivity contribution in [3.05, 3.63) is 24.0 Å². The van der Waals surface area contributed by atoms with Crippen LogP contribution in [0.2, 0.25) is 0 Å². The Morgan fingerprint density at radius 1 is 1.53 bits per heavy atom. The molecule has 1 aromatic rings. The SMILES string of the molecule is CCCn1ccc(CC2(C)CCCN2)c1. The summed E-state index contributed by atoms with van der Waals surface area (Å²) in [5.41, 5.74) is 1.82. The van der Waals surface area contributed by atoms with Crippen molar-refractivity contribution in [2.75, 3.05) is 6.54 Å². The highest BCUT2D eigenvalue weighted by Crippen LogP contribution is 2.23. The molecule has 0 bridgehead atoms. The lowest BCUT2D eigenvalue weighted by Gasteiger charge is -2.23. The van der Waals surface area contributed by atoms with Crippen molar-refractivity contribution in [1.82, 2.24) is 9.88 Å². The Hall–Kier alpha value is -0.760. The molecule has 84 valence electrons. The molecule has 1 saturated heterocycles. The molecule has 1 fully saturated rings. The highest BCUT2D eigenvalue weighted by Gasteiger charge is 2.28. The summed E-state index contributed by atoms with van der Waals surface area (Å²) >= 11 is 0. The van der Waals surface area contributed by atoms with Crippen LogP contribution >= 0.6 is 0 Å². The van der Waals surface area contributed by atoms with Crippen LogP contribution in [0.1, 0.15) is 38.7 Å². The summed E-state index contributed by atoms with van der Waals surface area (Å²) in [5.74, 6) is 0. The van der Waals surface area contributed by atoms with Gasteiger partial charge in [0.05, 0.1) is 0 Å². The van der Waals surface area contributed by atoms with Gasteiger partial charge in [-0.2, -0.15) is 0 Å². The summed E-state index contributed by atoms with van der Waals surface area (Å²) in [6.45, 7) is 6.90. The molecule has 2 heterocycles. The third-order valence-electron chi connectivity index (χ3n) is 3.34. The number of nitrogens with zero attached hydrogens (tertiary/aromatic N) is 1. The zero-order valence-electron chi connectivity index (χ0n) is 9.92. The number of hydrogen-bond acceptors (Lipinski definition) is 1. The zero-order chi connectivity index (χ0) is 10.7. The lowest BCUT2D eigenvalue weighted by Crippen LogP contribution is -2.38. The van der Waals surface area contributed by atoms with Crippen molar-refractivity contribution < 1.29 is 0 Å². The fourth-order valence-electron chi connectivity index (χ4n) is 2.55. The van der Waals surface area contributed by atoms with Gasteiger partial charge in [-0.3, -0.25) is 0 Å². The van der Waals surface area contributed by atoms with Crippen LogP contribution in [-0.4, -0.2) is 16.7 Å². The van der Waals surface area contributed by atoms with Crippen molar-refractivity contribution in [2.24, 2.45) is 0 Å². The molecule has 0 aromatic carbocycles. The maximum absolute atomic E-state index is 3.61. The van der Waals surface area contributed by atoms with Gasteiger partial charge in [0.1, 0.15) is 0 Å². The van der Waals surface area contributed by atoms with Crippen LogP contribution in [-0.2, 0) is 13.0 Å². The molecule has 0 aliphatic carbocycles. The standard InChI is InChI=1S/C13H22N2/c1-3-8-15-9-5-12(11-15)10-13(2)6-4-7-14-13/h5,9,11,14H,3-4,6-8,10H2,1-2H3. The Morgan fingerprint density at radius 3 is 3.07 bits per heavy atom. The minimum absolute atomic E-state index is 0.346. The Kier molecular flexibility index (Phi) is 3.15. The predicted molar refractivity (Wildman–Crippen MR) is 64.1 cm³/mol. The van der Waals surface area contributed by atoms with E-state index in [0.29, 0.717) is 5.54 Å². The quantitative estimate of drug-likeness (QED) is 0.801. The Labute approximate surface area is 92.7 Å². The van der Waals surface area contributed by atoms with Gasteiger partial charge in [0.15, 0.2) is 0 Å². The van der Waals surface area contributed by atoms with Gasteiger partial charge in [0.2, 0.25) is 0 Å². The maximum Gasteiger partial charge on any atom is 0.0217 e. The van der Waals surface area contributed by atoms with E-state index >= 15 is 0 Å². The van der Waals surface area contributed by atoms with Crippen molar-refractivity contribution in [3.63, 3.8) is 0 Å². The van der Waals surface area contributed by atoms with E-state index < -0.39 is 0 Å². The average molecular weight is 206 g/mol. The van der Waals surface area contributed by atoms with Gasteiger partial charge in [-0.15, -0.1) is 0 Å². The van der Waals surface area contributed by atoms with Crippen LogP contribution in [0.4, 0.5) is 0 Å². The molecule has 1 aliphatic rings. The molecular weight excluding hydrogens is 184 g/mol. The van der Waals surface area contributed by atoms with Crippen LogP contribution in [0.3, 0.4) is 0 Å². The maximum atomic E-state index is 3.61. The van der Waals surface area contributed by atoms with Crippen molar-refractivity contribution in [3.8, 4) is 0 Å².